The fraction of sp³-hybridized carbons (Fsp3) is 0.500. The van der Waals surface area contributed by atoms with Gasteiger partial charge in [-0.05, 0) is 12.8 Å². The first-order chi connectivity index (χ1) is 8.95. The van der Waals surface area contributed by atoms with E-state index < -0.39 is 29.0 Å². The van der Waals surface area contributed by atoms with Gasteiger partial charge < -0.3 is 10.3 Å². The van der Waals surface area contributed by atoms with Gasteiger partial charge in [0.1, 0.15) is 11.3 Å². The predicted octanol–water partition coefficient (Wildman–Crippen LogP) is 1.97. The molecule has 1 heterocycles. The number of carboxylic acid groups (broad SMARTS) is 1. The molecule has 1 aromatic heterocycles. The highest BCUT2D eigenvalue weighted by Crippen LogP contribution is 2.33. The molecule has 1 aliphatic carbocycles. The van der Waals surface area contributed by atoms with Gasteiger partial charge in [0.25, 0.3) is 5.56 Å². The van der Waals surface area contributed by atoms with Crippen LogP contribution in [0.2, 0.25) is 0 Å². The van der Waals surface area contributed by atoms with Crippen LogP contribution in [0.1, 0.15) is 55.4 Å². The van der Waals surface area contributed by atoms with Gasteiger partial charge in [0.15, 0.2) is 5.82 Å². The lowest BCUT2D eigenvalue weighted by Gasteiger charge is -2.23. The van der Waals surface area contributed by atoms with Crippen LogP contribution in [0.15, 0.2) is 10.8 Å². The Labute approximate surface area is 104 Å². The summed E-state index contributed by atoms with van der Waals surface area (Å²) in [4.78, 5) is 22.6. The summed E-state index contributed by atoms with van der Waals surface area (Å²) >= 11 is 0. The molecule has 2 rings (SSSR count). The standard InChI is InChI=1S/C12H14FNO4/c13-10-8(12(16)17)6-9(15)14(18)11(10)7-4-2-1-3-5-7/h6-7,18H,1-5H2,(H,16,17)/i6D. The molecule has 6 heteroatoms. The third-order valence-electron chi connectivity index (χ3n) is 3.30. The van der Waals surface area contributed by atoms with Crippen molar-refractivity contribution in [1.29, 1.82) is 0 Å². The minimum absolute atomic E-state index is 0.0973. The average molecular weight is 256 g/mol. The molecular weight excluding hydrogens is 241 g/mol. The highest BCUT2D eigenvalue weighted by Gasteiger charge is 2.27. The molecule has 0 radical (unpaired) electrons. The summed E-state index contributed by atoms with van der Waals surface area (Å²) in [5.41, 5.74) is -2.46. The number of halogens is 1. The summed E-state index contributed by atoms with van der Waals surface area (Å²) in [5, 5.41) is 18.6. The Bertz CT molecular complexity index is 578. The van der Waals surface area contributed by atoms with Gasteiger partial charge in [0.05, 0.1) is 1.37 Å². The van der Waals surface area contributed by atoms with Gasteiger partial charge in [0.2, 0.25) is 0 Å². The maximum Gasteiger partial charge on any atom is 0.338 e. The van der Waals surface area contributed by atoms with Crippen molar-refractivity contribution in [3.05, 3.63) is 33.5 Å². The number of aromatic carboxylic acids is 1. The van der Waals surface area contributed by atoms with Gasteiger partial charge in [-0.2, -0.15) is 0 Å². The number of carbonyl (C=O) groups is 1. The van der Waals surface area contributed by atoms with E-state index >= 15 is 0 Å². The highest BCUT2D eigenvalue weighted by molar-refractivity contribution is 5.87. The number of hydrogen-bond acceptors (Lipinski definition) is 3. The Morgan fingerprint density at radius 3 is 2.61 bits per heavy atom. The predicted molar refractivity (Wildman–Crippen MR) is 60.6 cm³/mol. The number of pyridine rings is 1. The minimum atomic E-state index is -1.67. The second-order valence-corrected chi connectivity index (χ2v) is 4.46. The smallest absolute Gasteiger partial charge is 0.338 e. The van der Waals surface area contributed by atoms with E-state index in [9.17, 15) is 19.2 Å². The first-order valence-electron chi connectivity index (χ1n) is 6.32. The largest absolute Gasteiger partial charge is 0.478 e. The number of aromatic nitrogens is 1. The van der Waals surface area contributed by atoms with E-state index in [1.54, 1.807) is 0 Å². The van der Waals surface area contributed by atoms with Gasteiger partial charge >= 0.3 is 5.97 Å². The van der Waals surface area contributed by atoms with E-state index in [4.69, 9.17) is 6.48 Å². The van der Waals surface area contributed by atoms with E-state index in [2.05, 4.69) is 0 Å². The molecule has 18 heavy (non-hydrogen) atoms. The number of hydrogen-bond donors (Lipinski definition) is 2. The van der Waals surface area contributed by atoms with Crippen molar-refractivity contribution in [3.63, 3.8) is 0 Å². The van der Waals surface area contributed by atoms with Gasteiger partial charge in [-0.25, -0.2) is 9.18 Å². The van der Waals surface area contributed by atoms with Crippen LogP contribution in [0.25, 0.3) is 0 Å². The SMILES string of the molecule is [2H]c1c(C(=O)O)c(F)c(C2CCCCC2)n(O)c1=O. The van der Waals surface area contributed by atoms with Crippen molar-refractivity contribution >= 4 is 5.97 Å². The van der Waals surface area contributed by atoms with Crippen molar-refractivity contribution in [2.24, 2.45) is 0 Å². The van der Waals surface area contributed by atoms with E-state index in [0.29, 0.717) is 12.8 Å². The molecule has 0 saturated heterocycles. The molecule has 0 atom stereocenters. The average Bonchev–Trinajstić information content (AvgIpc) is 2.37. The van der Waals surface area contributed by atoms with E-state index in [1.807, 2.05) is 0 Å². The van der Waals surface area contributed by atoms with Crippen LogP contribution in [0.5, 0.6) is 0 Å². The topological polar surface area (TPSA) is 79.5 Å². The summed E-state index contributed by atoms with van der Waals surface area (Å²) in [7, 11) is 0. The Hall–Kier alpha value is -1.85. The fourth-order valence-corrected chi connectivity index (χ4v) is 2.42. The van der Waals surface area contributed by atoms with Gasteiger partial charge in [-0.3, -0.25) is 4.79 Å². The summed E-state index contributed by atoms with van der Waals surface area (Å²) in [6.07, 6.45) is 3.85. The maximum absolute atomic E-state index is 14.2. The molecule has 98 valence electrons. The molecule has 0 aromatic carbocycles. The summed E-state index contributed by atoms with van der Waals surface area (Å²) < 4.78 is 21.6. The van der Waals surface area contributed by atoms with Crippen LogP contribution in [0.4, 0.5) is 4.39 Å². The fourth-order valence-electron chi connectivity index (χ4n) is 2.42. The van der Waals surface area contributed by atoms with Crippen molar-refractivity contribution in [2.75, 3.05) is 0 Å². The second-order valence-electron chi connectivity index (χ2n) is 4.46. The molecule has 0 spiro atoms. The molecule has 5 nitrogen and oxygen atoms in total. The molecule has 2 N–H and O–H groups in total. The Kier molecular flexibility index (Phi) is 3.00. The molecule has 0 aliphatic heterocycles. The Balaban J connectivity index is 2.66. The van der Waals surface area contributed by atoms with Crippen LogP contribution in [0, 0.1) is 5.82 Å². The number of rotatable bonds is 2. The molecular formula is C12H14FNO4. The van der Waals surface area contributed by atoms with Crippen LogP contribution in [0.3, 0.4) is 0 Å². The zero-order valence-corrected chi connectivity index (χ0v) is 9.65. The van der Waals surface area contributed by atoms with Crippen molar-refractivity contribution in [2.45, 2.75) is 38.0 Å². The normalized spacial score (nSPS) is 17.5. The number of nitrogens with zero attached hydrogens (tertiary/aromatic N) is 1. The van der Waals surface area contributed by atoms with Crippen molar-refractivity contribution in [1.82, 2.24) is 4.73 Å². The van der Waals surface area contributed by atoms with Gasteiger partial charge in [-0.1, -0.05) is 19.3 Å². The Morgan fingerprint density at radius 2 is 2.06 bits per heavy atom. The summed E-state index contributed by atoms with van der Waals surface area (Å²) in [5.74, 6) is -3.23. The molecule has 0 unspecified atom stereocenters. The maximum atomic E-state index is 14.2. The molecule has 1 saturated carbocycles. The van der Waals surface area contributed by atoms with Crippen LogP contribution < -0.4 is 5.56 Å². The molecule has 1 fully saturated rings. The lowest BCUT2D eigenvalue weighted by molar-refractivity contribution is 0.0688. The van der Waals surface area contributed by atoms with E-state index in [-0.39, 0.29) is 16.3 Å². The summed E-state index contributed by atoms with van der Waals surface area (Å²) in [6.45, 7) is 0. The highest BCUT2D eigenvalue weighted by atomic mass is 19.1. The molecule has 0 amide bonds. The lowest BCUT2D eigenvalue weighted by Crippen LogP contribution is -2.27. The van der Waals surface area contributed by atoms with Gasteiger partial charge in [0, 0.05) is 12.0 Å². The van der Waals surface area contributed by atoms with Gasteiger partial charge in [-0.15, -0.1) is 4.73 Å². The quantitative estimate of drug-likeness (QED) is 0.793. The molecule has 1 aliphatic rings. The monoisotopic (exact) mass is 256 g/mol. The van der Waals surface area contributed by atoms with Crippen molar-refractivity contribution in [3.8, 4) is 0 Å². The van der Waals surface area contributed by atoms with E-state index in [1.165, 1.54) is 0 Å². The first-order valence-corrected chi connectivity index (χ1v) is 5.82. The van der Waals surface area contributed by atoms with Crippen LogP contribution in [-0.2, 0) is 0 Å². The zero-order valence-electron chi connectivity index (χ0n) is 10.6. The minimum Gasteiger partial charge on any atom is -0.478 e. The first kappa shape index (κ1) is 11.3. The van der Waals surface area contributed by atoms with Crippen LogP contribution in [-0.4, -0.2) is 21.0 Å². The van der Waals surface area contributed by atoms with E-state index in [0.717, 1.165) is 19.3 Å². The second kappa shape index (κ2) is 4.80. The zero-order chi connectivity index (χ0) is 14.2. The van der Waals surface area contributed by atoms with Crippen molar-refractivity contribution < 1.29 is 20.9 Å². The third kappa shape index (κ3) is 2.10. The lowest BCUT2D eigenvalue weighted by atomic mass is 9.86. The van der Waals surface area contributed by atoms with Crippen LogP contribution >= 0.6 is 0 Å². The molecule has 1 aromatic rings. The Morgan fingerprint density at radius 1 is 1.44 bits per heavy atom. The number of carboxylic acids is 1. The summed E-state index contributed by atoms with van der Waals surface area (Å²) in [6, 6.07) is -1.04. The third-order valence-corrected chi connectivity index (χ3v) is 3.30. The molecule has 0 bridgehead atoms.